The van der Waals surface area contributed by atoms with Crippen LogP contribution in [0.3, 0.4) is 0 Å². The summed E-state index contributed by atoms with van der Waals surface area (Å²) in [5.74, 6) is 0.215. The Balaban J connectivity index is 0.00000264. The zero-order chi connectivity index (χ0) is 15.8. The third kappa shape index (κ3) is 6.50. The lowest BCUT2D eigenvalue weighted by Gasteiger charge is -2.25. The van der Waals surface area contributed by atoms with Gasteiger partial charge in [-0.2, -0.15) is 0 Å². The Morgan fingerprint density at radius 2 is 2.04 bits per heavy atom. The van der Waals surface area contributed by atoms with Crippen LogP contribution >= 0.6 is 12.4 Å². The summed E-state index contributed by atoms with van der Waals surface area (Å²) in [4.78, 5) is 12.3. The van der Waals surface area contributed by atoms with E-state index in [2.05, 4.69) is 24.4 Å². The lowest BCUT2D eigenvalue weighted by Crippen LogP contribution is -2.37. The average Bonchev–Trinajstić information content (AvgIpc) is 2.54. The fourth-order valence-corrected chi connectivity index (χ4v) is 2.99. The fraction of sp³-hybridized carbons (Fsp3) is 0.611. The fourth-order valence-electron chi connectivity index (χ4n) is 2.99. The summed E-state index contributed by atoms with van der Waals surface area (Å²) < 4.78 is 5.62. The number of hydrogen-bond donors (Lipinski definition) is 2. The van der Waals surface area contributed by atoms with Crippen molar-refractivity contribution in [1.82, 2.24) is 5.32 Å². The number of benzene rings is 1. The molecule has 5 heteroatoms. The first kappa shape index (κ1) is 19.9. The van der Waals surface area contributed by atoms with Crippen LogP contribution in [0.5, 0.6) is 0 Å². The number of amides is 1. The molecule has 2 rings (SSSR count). The van der Waals surface area contributed by atoms with E-state index < -0.39 is 0 Å². The number of nitrogens with two attached hydrogens (primary N) is 1. The van der Waals surface area contributed by atoms with Crippen LogP contribution in [0.15, 0.2) is 24.3 Å². The Labute approximate surface area is 145 Å². The summed E-state index contributed by atoms with van der Waals surface area (Å²) in [5.41, 5.74) is 8.25. The van der Waals surface area contributed by atoms with Crippen molar-refractivity contribution in [3.05, 3.63) is 35.4 Å². The molecule has 0 saturated heterocycles. The second-order valence-corrected chi connectivity index (χ2v) is 6.16. The van der Waals surface area contributed by atoms with E-state index in [1.54, 1.807) is 0 Å². The number of nitrogens with one attached hydrogen (secondary N) is 1. The van der Waals surface area contributed by atoms with Gasteiger partial charge in [-0.1, -0.05) is 37.6 Å². The van der Waals surface area contributed by atoms with Gasteiger partial charge in [-0.15, -0.1) is 12.4 Å². The van der Waals surface area contributed by atoms with Gasteiger partial charge in [0.1, 0.15) is 0 Å². The second kappa shape index (κ2) is 10.6. The Hall–Kier alpha value is -1.10. The van der Waals surface area contributed by atoms with Gasteiger partial charge in [0.15, 0.2) is 0 Å². The van der Waals surface area contributed by atoms with E-state index in [0.717, 1.165) is 49.8 Å². The molecule has 2 unspecified atom stereocenters. The minimum Gasteiger partial charge on any atom is -0.377 e. The first-order chi connectivity index (χ1) is 10.7. The Morgan fingerprint density at radius 1 is 1.30 bits per heavy atom. The zero-order valence-corrected chi connectivity index (χ0v) is 14.7. The van der Waals surface area contributed by atoms with Crippen molar-refractivity contribution in [3.8, 4) is 0 Å². The number of hydrogen-bond acceptors (Lipinski definition) is 3. The number of carbonyl (C=O) groups excluding carboxylic acids is 1. The molecule has 0 bridgehead atoms. The highest BCUT2D eigenvalue weighted by molar-refractivity contribution is 5.85. The summed E-state index contributed by atoms with van der Waals surface area (Å²) in [7, 11) is 0. The van der Waals surface area contributed by atoms with Crippen LogP contribution < -0.4 is 11.1 Å². The lowest BCUT2D eigenvalue weighted by atomic mass is 9.85. The van der Waals surface area contributed by atoms with Crippen molar-refractivity contribution >= 4 is 18.3 Å². The molecule has 1 aliphatic rings. The van der Waals surface area contributed by atoms with Crippen molar-refractivity contribution in [2.24, 2.45) is 11.7 Å². The molecule has 1 fully saturated rings. The van der Waals surface area contributed by atoms with Crippen LogP contribution in [0, 0.1) is 5.92 Å². The highest BCUT2D eigenvalue weighted by atomic mass is 35.5. The lowest BCUT2D eigenvalue weighted by molar-refractivity contribution is -0.126. The monoisotopic (exact) mass is 340 g/mol. The number of ether oxygens (including phenoxy) is 1. The van der Waals surface area contributed by atoms with Crippen LogP contribution in [-0.4, -0.2) is 18.6 Å². The summed E-state index contributed by atoms with van der Waals surface area (Å²) in [6.45, 7) is 4.03. The van der Waals surface area contributed by atoms with Gasteiger partial charge in [-0.25, -0.2) is 0 Å². The van der Waals surface area contributed by atoms with Crippen molar-refractivity contribution in [1.29, 1.82) is 0 Å². The molecule has 1 aliphatic carbocycles. The van der Waals surface area contributed by atoms with E-state index in [0.29, 0.717) is 13.2 Å². The Kier molecular flexibility index (Phi) is 9.22. The molecule has 4 nitrogen and oxygen atoms in total. The highest BCUT2D eigenvalue weighted by Gasteiger charge is 2.25. The van der Waals surface area contributed by atoms with E-state index in [-0.39, 0.29) is 30.3 Å². The standard InChI is InChI=1S/C18H28N2O2.ClH/c1-2-10-22-13-16-7-4-3-6-15(16)12-20-18(21)14-8-5-9-17(19)11-14;/h3-4,6-7,14,17H,2,5,8-13,19H2,1H3,(H,20,21);1H. The highest BCUT2D eigenvalue weighted by Crippen LogP contribution is 2.23. The smallest absolute Gasteiger partial charge is 0.223 e. The van der Waals surface area contributed by atoms with Crippen molar-refractivity contribution in [2.45, 2.75) is 58.2 Å². The molecule has 0 aromatic heterocycles. The Morgan fingerprint density at radius 3 is 2.74 bits per heavy atom. The zero-order valence-electron chi connectivity index (χ0n) is 13.9. The maximum Gasteiger partial charge on any atom is 0.223 e. The normalized spacial score (nSPS) is 20.6. The van der Waals surface area contributed by atoms with Crippen molar-refractivity contribution in [3.63, 3.8) is 0 Å². The summed E-state index contributed by atoms with van der Waals surface area (Å²) >= 11 is 0. The van der Waals surface area contributed by atoms with E-state index in [9.17, 15) is 4.79 Å². The van der Waals surface area contributed by atoms with Gasteiger partial charge in [-0.3, -0.25) is 4.79 Å². The van der Waals surface area contributed by atoms with Gasteiger partial charge in [0, 0.05) is 25.1 Å². The molecule has 0 heterocycles. The molecule has 1 aromatic rings. The molecule has 2 atom stereocenters. The van der Waals surface area contributed by atoms with Gasteiger partial charge < -0.3 is 15.8 Å². The van der Waals surface area contributed by atoms with Gasteiger partial charge in [0.25, 0.3) is 0 Å². The third-order valence-electron chi connectivity index (χ3n) is 4.26. The predicted molar refractivity (Wildman–Crippen MR) is 95.4 cm³/mol. The minimum atomic E-state index is 0. The third-order valence-corrected chi connectivity index (χ3v) is 4.26. The summed E-state index contributed by atoms with van der Waals surface area (Å²) in [5, 5.41) is 3.07. The van der Waals surface area contributed by atoms with Crippen molar-refractivity contribution < 1.29 is 9.53 Å². The SMILES string of the molecule is CCCOCc1ccccc1CNC(=O)C1CCCC(N)C1.Cl. The van der Waals surface area contributed by atoms with Gasteiger partial charge >= 0.3 is 0 Å². The number of halogens is 1. The van der Waals surface area contributed by atoms with Crippen LogP contribution in [-0.2, 0) is 22.7 Å². The molecule has 0 aliphatic heterocycles. The van der Waals surface area contributed by atoms with Gasteiger partial charge in [0.05, 0.1) is 6.61 Å². The van der Waals surface area contributed by atoms with E-state index >= 15 is 0 Å². The van der Waals surface area contributed by atoms with Crippen LogP contribution in [0.1, 0.15) is 50.2 Å². The molecule has 130 valence electrons. The van der Waals surface area contributed by atoms with Crippen LogP contribution in [0.2, 0.25) is 0 Å². The molecular formula is C18H29ClN2O2. The molecule has 1 amide bonds. The molecule has 1 aromatic carbocycles. The molecule has 23 heavy (non-hydrogen) atoms. The van der Waals surface area contributed by atoms with Crippen LogP contribution in [0.4, 0.5) is 0 Å². The minimum absolute atomic E-state index is 0. The van der Waals surface area contributed by atoms with Gasteiger partial charge in [-0.05, 0) is 36.8 Å². The quantitative estimate of drug-likeness (QED) is 0.749. The Bertz CT molecular complexity index is 482. The number of rotatable bonds is 7. The summed E-state index contributed by atoms with van der Waals surface area (Å²) in [6.07, 6.45) is 4.89. The maximum absolute atomic E-state index is 12.3. The van der Waals surface area contributed by atoms with E-state index in [1.807, 2.05) is 12.1 Å². The maximum atomic E-state index is 12.3. The molecule has 1 saturated carbocycles. The first-order valence-corrected chi connectivity index (χ1v) is 8.38. The molecular weight excluding hydrogens is 312 g/mol. The van der Waals surface area contributed by atoms with E-state index in [1.165, 1.54) is 0 Å². The number of carbonyl (C=O) groups is 1. The molecule has 0 spiro atoms. The predicted octanol–water partition coefficient (Wildman–Crippen LogP) is 3.17. The van der Waals surface area contributed by atoms with Crippen LogP contribution in [0.25, 0.3) is 0 Å². The average molecular weight is 341 g/mol. The molecule has 3 N–H and O–H groups in total. The molecule has 0 radical (unpaired) electrons. The second-order valence-electron chi connectivity index (χ2n) is 6.16. The van der Waals surface area contributed by atoms with E-state index in [4.69, 9.17) is 10.5 Å². The summed E-state index contributed by atoms with van der Waals surface area (Å²) in [6, 6.07) is 8.31. The first-order valence-electron chi connectivity index (χ1n) is 8.38. The van der Waals surface area contributed by atoms with Gasteiger partial charge in [0.2, 0.25) is 5.91 Å². The topological polar surface area (TPSA) is 64.3 Å². The largest absolute Gasteiger partial charge is 0.377 e. The van der Waals surface area contributed by atoms with Crippen molar-refractivity contribution in [2.75, 3.05) is 6.61 Å².